The van der Waals surface area contributed by atoms with Gasteiger partial charge in [-0.25, -0.2) is 4.79 Å². The third-order valence-corrected chi connectivity index (χ3v) is 7.00. The summed E-state index contributed by atoms with van der Waals surface area (Å²) in [5.74, 6) is 0.203. The molecule has 3 aromatic rings. The fraction of sp³-hybridized carbons (Fsp3) is 0.357. The van der Waals surface area contributed by atoms with Crippen molar-refractivity contribution in [3.63, 3.8) is 0 Å². The normalized spacial score (nSPS) is 21.1. The Hall–Kier alpha value is -3.58. The van der Waals surface area contributed by atoms with Crippen LogP contribution in [0.3, 0.4) is 0 Å². The van der Waals surface area contributed by atoms with Gasteiger partial charge >= 0.3 is 6.03 Å². The van der Waals surface area contributed by atoms with E-state index in [1.807, 2.05) is 77.7 Å². The molecule has 3 amide bonds. The summed E-state index contributed by atoms with van der Waals surface area (Å²) in [5.41, 5.74) is 0.885. The minimum absolute atomic E-state index is 0.139. The molecule has 0 bridgehead atoms. The maximum Gasteiger partial charge on any atom is 0.326 e. The van der Waals surface area contributed by atoms with Crippen molar-refractivity contribution in [1.29, 1.82) is 0 Å². The second-order valence-electron chi connectivity index (χ2n) is 9.28. The number of ether oxygens (including phenoxy) is 1. The SMILES string of the molecule is O=C(NC(=O)N1CCN(c2ccccc2)C(Oc2ccc3ccccc3c2)C1O)C1CCCCC1. The summed E-state index contributed by atoms with van der Waals surface area (Å²) in [6, 6.07) is 22.9. The van der Waals surface area contributed by atoms with Crippen LogP contribution in [0, 0.1) is 5.92 Å². The lowest BCUT2D eigenvalue weighted by molar-refractivity contribution is -0.125. The van der Waals surface area contributed by atoms with Crippen molar-refractivity contribution >= 4 is 28.4 Å². The molecule has 1 heterocycles. The maximum atomic E-state index is 13.0. The molecule has 2 N–H and O–H groups in total. The summed E-state index contributed by atoms with van der Waals surface area (Å²) in [5, 5.41) is 16.0. The molecule has 5 rings (SSSR count). The van der Waals surface area contributed by atoms with Crippen LogP contribution in [0.15, 0.2) is 72.8 Å². The molecule has 1 aliphatic carbocycles. The summed E-state index contributed by atoms with van der Waals surface area (Å²) in [6.45, 7) is 0.710. The summed E-state index contributed by atoms with van der Waals surface area (Å²) in [7, 11) is 0. The number of carbonyl (C=O) groups is 2. The van der Waals surface area contributed by atoms with Gasteiger partial charge in [0, 0.05) is 24.7 Å². The highest BCUT2D eigenvalue weighted by atomic mass is 16.5. The van der Waals surface area contributed by atoms with E-state index in [4.69, 9.17) is 4.74 Å². The second-order valence-corrected chi connectivity index (χ2v) is 9.28. The van der Waals surface area contributed by atoms with Crippen LogP contribution in [-0.2, 0) is 4.79 Å². The molecule has 1 aliphatic heterocycles. The average Bonchev–Trinajstić information content (AvgIpc) is 2.90. The Bertz CT molecular complexity index is 1180. The molecular formula is C28H31N3O4. The van der Waals surface area contributed by atoms with E-state index in [-0.39, 0.29) is 18.4 Å². The molecule has 2 atom stereocenters. The number of fused-ring (bicyclic) bond motifs is 1. The Morgan fingerprint density at radius 2 is 1.57 bits per heavy atom. The third-order valence-electron chi connectivity index (χ3n) is 7.00. The van der Waals surface area contributed by atoms with Gasteiger partial charge in [0.2, 0.25) is 12.1 Å². The van der Waals surface area contributed by atoms with Gasteiger partial charge in [0.05, 0.1) is 0 Å². The first-order chi connectivity index (χ1) is 17.1. The lowest BCUT2D eigenvalue weighted by Crippen LogP contribution is -2.65. The van der Waals surface area contributed by atoms with Crippen molar-refractivity contribution in [1.82, 2.24) is 10.2 Å². The summed E-state index contributed by atoms with van der Waals surface area (Å²) in [6.07, 6.45) is 2.64. The van der Waals surface area contributed by atoms with E-state index < -0.39 is 18.5 Å². The van der Waals surface area contributed by atoms with Crippen molar-refractivity contribution < 1.29 is 19.4 Å². The van der Waals surface area contributed by atoms with E-state index in [2.05, 4.69) is 5.32 Å². The number of nitrogens with one attached hydrogen (secondary N) is 1. The third kappa shape index (κ3) is 5.10. The lowest BCUT2D eigenvalue weighted by atomic mass is 9.89. The second kappa shape index (κ2) is 10.4. The predicted molar refractivity (Wildman–Crippen MR) is 135 cm³/mol. The van der Waals surface area contributed by atoms with Crippen molar-refractivity contribution in [3.8, 4) is 5.75 Å². The number of imide groups is 1. The number of aliphatic hydroxyl groups excluding tert-OH is 1. The number of urea groups is 1. The van der Waals surface area contributed by atoms with E-state index in [1.54, 1.807) is 0 Å². The number of hydrogen-bond acceptors (Lipinski definition) is 5. The van der Waals surface area contributed by atoms with Gasteiger partial charge in [-0.1, -0.05) is 67.8 Å². The van der Waals surface area contributed by atoms with Gasteiger partial charge in [0.25, 0.3) is 0 Å². The fourth-order valence-corrected chi connectivity index (χ4v) is 5.06. The average molecular weight is 474 g/mol. The molecule has 0 aromatic heterocycles. The van der Waals surface area contributed by atoms with Gasteiger partial charge in [-0.3, -0.25) is 15.0 Å². The quantitative estimate of drug-likeness (QED) is 0.583. The van der Waals surface area contributed by atoms with Gasteiger partial charge in [-0.2, -0.15) is 0 Å². The van der Waals surface area contributed by atoms with E-state index in [0.717, 1.165) is 48.6 Å². The van der Waals surface area contributed by atoms with Crippen molar-refractivity contribution in [2.24, 2.45) is 5.92 Å². The van der Waals surface area contributed by atoms with Gasteiger partial charge < -0.3 is 14.7 Å². The molecule has 2 unspecified atom stereocenters. The molecule has 35 heavy (non-hydrogen) atoms. The summed E-state index contributed by atoms with van der Waals surface area (Å²) < 4.78 is 6.31. The van der Waals surface area contributed by atoms with Crippen LogP contribution in [-0.4, -0.2) is 47.5 Å². The molecule has 3 aromatic carbocycles. The number of anilines is 1. The van der Waals surface area contributed by atoms with E-state index in [0.29, 0.717) is 12.3 Å². The molecule has 0 spiro atoms. The van der Waals surface area contributed by atoms with Gasteiger partial charge in [0.1, 0.15) is 5.75 Å². The van der Waals surface area contributed by atoms with Gasteiger partial charge in [-0.05, 0) is 47.9 Å². The minimum atomic E-state index is -1.27. The number of aliphatic hydroxyl groups is 1. The minimum Gasteiger partial charge on any atom is -0.466 e. The number of para-hydroxylation sites is 1. The summed E-state index contributed by atoms with van der Waals surface area (Å²) in [4.78, 5) is 28.9. The van der Waals surface area contributed by atoms with E-state index in [9.17, 15) is 14.7 Å². The summed E-state index contributed by atoms with van der Waals surface area (Å²) >= 11 is 0. The van der Waals surface area contributed by atoms with E-state index in [1.165, 1.54) is 4.90 Å². The molecule has 1 saturated heterocycles. The standard InChI is InChI=1S/C28H31N3O4/c32-25(21-10-3-1-4-11-21)29-28(34)31-18-17-30(23-13-5-2-6-14-23)27(26(31)33)35-24-16-15-20-9-7-8-12-22(20)19-24/h2,5-9,12-16,19,21,26-27,33H,1,3-4,10-11,17-18H2,(H,29,32,34). The molecule has 1 saturated carbocycles. The van der Waals surface area contributed by atoms with Crippen molar-refractivity contribution in [2.45, 2.75) is 44.6 Å². The Morgan fingerprint density at radius 1 is 0.857 bits per heavy atom. The van der Waals surface area contributed by atoms with Crippen LogP contribution in [0.4, 0.5) is 10.5 Å². The number of amides is 3. The number of benzene rings is 3. The molecule has 182 valence electrons. The van der Waals surface area contributed by atoms with Crippen LogP contribution in [0.2, 0.25) is 0 Å². The largest absolute Gasteiger partial charge is 0.466 e. The van der Waals surface area contributed by atoms with Crippen LogP contribution < -0.4 is 15.0 Å². The zero-order valence-electron chi connectivity index (χ0n) is 19.7. The maximum absolute atomic E-state index is 13.0. The molecule has 0 radical (unpaired) electrons. The number of carbonyl (C=O) groups excluding carboxylic acids is 2. The first kappa shape index (κ1) is 23.2. The number of nitrogens with zero attached hydrogens (tertiary/aromatic N) is 2. The zero-order chi connectivity index (χ0) is 24.2. The molecular weight excluding hydrogens is 442 g/mol. The van der Waals surface area contributed by atoms with Crippen LogP contribution in [0.25, 0.3) is 10.8 Å². The highest BCUT2D eigenvalue weighted by Gasteiger charge is 2.40. The smallest absolute Gasteiger partial charge is 0.326 e. The molecule has 7 heteroatoms. The van der Waals surface area contributed by atoms with Gasteiger partial charge in [-0.15, -0.1) is 0 Å². The van der Waals surface area contributed by atoms with Crippen molar-refractivity contribution in [2.75, 3.05) is 18.0 Å². The van der Waals surface area contributed by atoms with Crippen molar-refractivity contribution in [3.05, 3.63) is 72.8 Å². The zero-order valence-corrected chi connectivity index (χ0v) is 19.7. The number of hydrogen-bond donors (Lipinski definition) is 2. The topological polar surface area (TPSA) is 82.1 Å². The number of rotatable bonds is 4. The Labute approximate surface area is 205 Å². The van der Waals surface area contributed by atoms with Crippen LogP contribution in [0.1, 0.15) is 32.1 Å². The highest BCUT2D eigenvalue weighted by Crippen LogP contribution is 2.29. The number of piperazine rings is 1. The Kier molecular flexibility index (Phi) is 6.86. The first-order valence-corrected chi connectivity index (χ1v) is 12.4. The monoisotopic (exact) mass is 473 g/mol. The van der Waals surface area contributed by atoms with Crippen LogP contribution in [0.5, 0.6) is 5.75 Å². The Morgan fingerprint density at radius 3 is 2.34 bits per heavy atom. The van der Waals surface area contributed by atoms with Crippen LogP contribution >= 0.6 is 0 Å². The first-order valence-electron chi connectivity index (χ1n) is 12.4. The lowest BCUT2D eigenvalue weighted by Gasteiger charge is -2.45. The van der Waals surface area contributed by atoms with Gasteiger partial charge in [0.15, 0.2) is 6.23 Å². The highest BCUT2D eigenvalue weighted by molar-refractivity contribution is 5.95. The molecule has 2 fully saturated rings. The Balaban J connectivity index is 1.37. The molecule has 2 aliphatic rings. The van der Waals surface area contributed by atoms with E-state index >= 15 is 0 Å². The molecule has 7 nitrogen and oxygen atoms in total. The fourth-order valence-electron chi connectivity index (χ4n) is 5.06. The predicted octanol–water partition coefficient (Wildman–Crippen LogP) is 4.50.